The molecule has 5 N–H and O–H groups in total. The first-order chi connectivity index (χ1) is 9.69. The highest BCUT2D eigenvalue weighted by Gasteiger charge is 2.42. The van der Waals surface area contributed by atoms with Gasteiger partial charge in [0.25, 0.3) is 0 Å². The molecule has 0 saturated heterocycles. The van der Waals surface area contributed by atoms with Crippen molar-refractivity contribution in [3.8, 4) is 0 Å². The summed E-state index contributed by atoms with van der Waals surface area (Å²) in [7, 11) is -3.81. The second-order valence-electron chi connectivity index (χ2n) is 5.75. The smallest absolute Gasteiger partial charge is 0.238 e. The van der Waals surface area contributed by atoms with Crippen molar-refractivity contribution in [2.75, 3.05) is 11.9 Å². The number of carbonyl (C=O) groups is 1. The lowest BCUT2D eigenvalue weighted by molar-refractivity contribution is -0.129. The third-order valence-electron chi connectivity index (χ3n) is 4.40. The van der Waals surface area contributed by atoms with Gasteiger partial charge in [-0.1, -0.05) is 6.42 Å². The van der Waals surface area contributed by atoms with Gasteiger partial charge < -0.3 is 11.1 Å². The minimum absolute atomic E-state index is 0.00342. The van der Waals surface area contributed by atoms with Crippen LogP contribution in [0.4, 0.5) is 5.69 Å². The molecule has 1 aromatic rings. The molecular formula is C14H21N3O3S. The normalized spacial score (nSPS) is 17.1. The Morgan fingerprint density at radius 3 is 2.38 bits per heavy atom. The summed E-state index contributed by atoms with van der Waals surface area (Å²) in [6.07, 6.45) is 2.52. The average Bonchev–Trinajstić information content (AvgIpc) is 2.32. The van der Waals surface area contributed by atoms with Gasteiger partial charge in [0.1, 0.15) is 0 Å². The van der Waals surface area contributed by atoms with E-state index in [0.29, 0.717) is 12.2 Å². The van der Waals surface area contributed by atoms with E-state index in [1.807, 2.05) is 6.92 Å². The van der Waals surface area contributed by atoms with Gasteiger partial charge in [0, 0.05) is 12.2 Å². The molecule has 21 heavy (non-hydrogen) atoms. The zero-order valence-corrected chi connectivity index (χ0v) is 13.1. The molecule has 0 radical (unpaired) electrons. The Kier molecular flexibility index (Phi) is 4.10. The first-order valence-electron chi connectivity index (χ1n) is 6.85. The molecule has 0 aromatic heterocycles. The SMILES string of the molecule is Cc1cc(S(N)(=O)=O)cc(NC(=O)C2(CN)CCC2)c1C. The molecule has 7 heteroatoms. The van der Waals surface area contributed by atoms with Gasteiger partial charge in [0.05, 0.1) is 10.3 Å². The summed E-state index contributed by atoms with van der Waals surface area (Å²) in [5, 5.41) is 7.98. The summed E-state index contributed by atoms with van der Waals surface area (Å²) in [5.41, 5.74) is 7.25. The average molecular weight is 311 g/mol. The molecule has 0 atom stereocenters. The van der Waals surface area contributed by atoms with E-state index in [0.717, 1.165) is 30.4 Å². The number of benzene rings is 1. The lowest BCUT2D eigenvalue weighted by atomic mass is 9.68. The Labute approximate surface area is 124 Å². The minimum Gasteiger partial charge on any atom is -0.329 e. The molecule has 0 aliphatic heterocycles. The van der Waals surface area contributed by atoms with Crippen molar-refractivity contribution in [2.24, 2.45) is 16.3 Å². The number of nitrogens with two attached hydrogens (primary N) is 2. The molecule has 1 aliphatic carbocycles. The van der Waals surface area contributed by atoms with E-state index in [1.165, 1.54) is 12.1 Å². The largest absolute Gasteiger partial charge is 0.329 e. The Bertz CT molecular complexity index is 673. The Morgan fingerprint density at radius 2 is 1.95 bits per heavy atom. The standard InChI is InChI=1S/C14H21N3O3S/c1-9-6-11(21(16,19)20)7-12(10(9)2)17-13(18)14(8-15)4-3-5-14/h6-7H,3-5,8,15H2,1-2H3,(H,17,18)(H2,16,19,20). The topological polar surface area (TPSA) is 115 Å². The van der Waals surface area contributed by atoms with Crippen LogP contribution in [0.3, 0.4) is 0 Å². The van der Waals surface area contributed by atoms with Gasteiger partial charge in [0.15, 0.2) is 0 Å². The Balaban J connectivity index is 2.36. The zero-order valence-electron chi connectivity index (χ0n) is 12.3. The molecule has 2 rings (SSSR count). The lowest BCUT2D eigenvalue weighted by Gasteiger charge is -2.39. The summed E-state index contributed by atoms with van der Waals surface area (Å²) in [6.45, 7) is 3.90. The molecule has 1 aliphatic rings. The van der Waals surface area contributed by atoms with Crippen LogP contribution in [0.25, 0.3) is 0 Å². The summed E-state index contributed by atoms with van der Waals surface area (Å²) < 4.78 is 23.0. The van der Waals surface area contributed by atoms with E-state index in [2.05, 4.69) is 5.32 Å². The quantitative estimate of drug-likeness (QED) is 0.769. The minimum atomic E-state index is -3.81. The van der Waals surface area contributed by atoms with Gasteiger partial charge in [-0.25, -0.2) is 13.6 Å². The highest BCUT2D eigenvalue weighted by atomic mass is 32.2. The zero-order chi connectivity index (χ0) is 15.8. The van der Waals surface area contributed by atoms with Crippen molar-refractivity contribution in [1.29, 1.82) is 0 Å². The maximum absolute atomic E-state index is 12.4. The van der Waals surface area contributed by atoms with E-state index in [9.17, 15) is 13.2 Å². The van der Waals surface area contributed by atoms with Crippen molar-refractivity contribution in [3.63, 3.8) is 0 Å². The van der Waals surface area contributed by atoms with Crippen LogP contribution in [0.2, 0.25) is 0 Å². The number of nitrogens with one attached hydrogen (secondary N) is 1. The van der Waals surface area contributed by atoms with E-state index in [-0.39, 0.29) is 10.8 Å². The van der Waals surface area contributed by atoms with Crippen molar-refractivity contribution in [2.45, 2.75) is 38.0 Å². The monoisotopic (exact) mass is 311 g/mol. The van der Waals surface area contributed by atoms with Gasteiger partial charge >= 0.3 is 0 Å². The molecular weight excluding hydrogens is 290 g/mol. The van der Waals surface area contributed by atoms with Crippen LogP contribution >= 0.6 is 0 Å². The highest BCUT2D eigenvalue weighted by Crippen LogP contribution is 2.41. The Morgan fingerprint density at radius 1 is 1.33 bits per heavy atom. The number of hydrogen-bond acceptors (Lipinski definition) is 4. The Hall–Kier alpha value is -1.44. The van der Waals surface area contributed by atoms with Crippen molar-refractivity contribution < 1.29 is 13.2 Å². The number of amides is 1. The van der Waals surface area contributed by atoms with E-state index >= 15 is 0 Å². The van der Waals surface area contributed by atoms with E-state index < -0.39 is 15.4 Å². The second-order valence-corrected chi connectivity index (χ2v) is 7.31. The molecule has 0 spiro atoms. The first kappa shape index (κ1) is 15.9. The number of anilines is 1. The summed E-state index contributed by atoms with van der Waals surface area (Å²) in [6, 6.07) is 2.90. The number of aryl methyl sites for hydroxylation is 1. The fraction of sp³-hybridized carbons (Fsp3) is 0.500. The molecule has 1 aromatic carbocycles. The van der Waals surface area contributed by atoms with Crippen LogP contribution in [0.15, 0.2) is 17.0 Å². The van der Waals surface area contributed by atoms with Crippen molar-refractivity contribution in [1.82, 2.24) is 0 Å². The molecule has 1 amide bonds. The number of hydrogen-bond donors (Lipinski definition) is 3. The molecule has 0 unspecified atom stereocenters. The summed E-state index contributed by atoms with van der Waals surface area (Å²) in [4.78, 5) is 12.4. The molecule has 0 heterocycles. The van der Waals surface area contributed by atoms with E-state index in [1.54, 1.807) is 6.92 Å². The third kappa shape index (κ3) is 2.95. The summed E-state index contributed by atoms with van der Waals surface area (Å²) >= 11 is 0. The maximum Gasteiger partial charge on any atom is 0.238 e. The van der Waals surface area contributed by atoms with Gasteiger partial charge in [0.2, 0.25) is 15.9 Å². The van der Waals surface area contributed by atoms with Crippen LogP contribution < -0.4 is 16.2 Å². The van der Waals surface area contributed by atoms with Crippen LogP contribution in [0, 0.1) is 19.3 Å². The van der Waals surface area contributed by atoms with Crippen molar-refractivity contribution in [3.05, 3.63) is 23.3 Å². The molecule has 1 fully saturated rings. The number of rotatable bonds is 4. The van der Waals surface area contributed by atoms with Crippen LogP contribution in [0.5, 0.6) is 0 Å². The predicted octanol–water partition coefficient (Wildman–Crippen LogP) is 1.02. The molecule has 0 bridgehead atoms. The van der Waals surface area contributed by atoms with E-state index in [4.69, 9.17) is 10.9 Å². The van der Waals surface area contributed by atoms with Gasteiger partial charge in [-0.3, -0.25) is 4.79 Å². The van der Waals surface area contributed by atoms with Gasteiger partial charge in [-0.2, -0.15) is 0 Å². The highest BCUT2D eigenvalue weighted by molar-refractivity contribution is 7.89. The van der Waals surface area contributed by atoms with Gasteiger partial charge in [-0.05, 0) is 49.9 Å². The molecule has 6 nitrogen and oxygen atoms in total. The second kappa shape index (κ2) is 5.40. The fourth-order valence-electron chi connectivity index (χ4n) is 2.50. The van der Waals surface area contributed by atoms with Crippen LogP contribution in [-0.4, -0.2) is 20.9 Å². The number of carbonyl (C=O) groups excluding carboxylic acids is 1. The molecule has 1 saturated carbocycles. The predicted molar refractivity (Wildman–Crippen MR) is 81.3 cm³/mol. The number of sulfonamides is 1. The van der Waals surface area contributed by atoms with Gasteiger partial charge in [-0.15, -0.1) is 0 Å². The summed E-state index contributed by atoms with van der Waals surface area (Å²) in [5.74, 6) is -0.148. The van der Waals surface area contributed by atoms with Crippen LogP contribution in [0.1, 0.15) is 30.4 Å². The lowest BCUT2D eigenvalue weighted by Crippen LogP contribution is -2.47. The fourth-order valence-corrected chi connectivity index (χ4v) is 3.13. The van der Waals surface area contributed by atoms with Crippen molar-refractivity contribution >= 4 is 21.6 Å². The first-order valence-corrected chi connectivity index (χ1v) is 8.40. The molecule has 116 valence electrons. The third-order valence-corrected chi connectivity index (χ3v) is 5.29. The maximum atomic E-state index is 12.4. The number of primary sulfonamides is 1. The van der Waals surface area contributed by atoms with Crippen LogP contribution in [-0.2, 0) is 14.8 Å².